The summed E-state index contributed by atoms with van der Waals surface area (Å²) in [6.45, 7) is 0. The van der Waals surface area contributed by atoms with Gasteiger partial charge in [-0.3, -0.25) is 9.78 Å². The molecule has 0 aliphatic carbocycles. The van der Waals surface area contributed by atoms with Crippen LogP contribution in [0, 0.1) is 0 Å². The van der Waals surface area contributed by atoms with Crippen LogP contribution in [-0.4, -0.2) is 27.7 Å². The van der Waals surface area contributed by atoms with E-state index in [9.17, 15) is 4.79 Å². The molecule has 0 aliphatic heterocycles. The Morgan fingerprint density at radius 2 is 1.93 bits per heavy atom. The summed E-state index contributed by atoms with van der Waals surface area (Å²) in [6, 6.07) is 18.5. The van der Waals surface area contributed by atoms with E-state index in [1.807, 2.05) is 54.7 Å². The summed E-state index contributed by atoms with van der Waals surface area (Å²) in [6.07, 6.45) is 8.36. The van der Waals surface area contributed by atoms with Gasteiger partial charge in [0, 0.05) is 40.3 Å². The van der Waals surface area contributed by atoms with Crippen LogP contribution < -0.4 is 4.74 Å². The first-order valence-electron chi connectivity index (χ1n) is 9.26. The summed E-state index contributed by atoms with van der Waals surface area (Å²) < 4.78 is 7.00. The number of hydrogen-bond acceptors (Lipinski definition) is 4. The predicted octanol–water partition coefficient (Wildman–Crippen LogP) is 5.49. The second-order valence-corrected chi connectivity index (χ2v) is 6.96. The highest BCUT2D eigenvalue weighted by molar-refractivity contribution is 6.30. The average molecular weight is 416 g/mol. The lowest BCUT2D eigenvalue weighted by molar-refractivity contribution is 0.104. The lowest BCUT2D eigenvalue weighted by atomic mass is 10.1. The van der Waals surface area contributed by atoms with Gasteiger partial charge in [0.25, 0.3) is 0 Å². The zero-order valence-electron chi connectivity index (χ0n) is 16.2. The number of pyridine rings is 1. The van der Waals surface area contributed by atoms with Crippen molar-refractivity contribution in [2.24, 2.45) is 0 Å². The number of carbonyl (C=O) groups is 1. The molecular weight excluding hydrogens is 398 g/mol. The summed E-state index contributed by atoms with van der Waals surface area (Å²) in [5.74, 6) is 0.635. The Bertz CT molecular complexity index is 1200. The Balaban J connectivity index is 1.75. The summed E-state index contributed by atoms with van der Waals surface area (Å²) >= 11 is 6.14. The van der Waals surface area contributed by atoms with Crippen LogP contribution in [0.5, 0.6) is 5.75 Å². The van der Waals surface area contributed by atoms with Crippen molar-refractivity contribution in [3.63, 3.8) is 0 Å². The Morgan fingerprint density at radius 1 is 1.10 bits per heavy atom. The number of nitrogens with zero attached hydrogens (tertiary/aromatic N) is 3. The lowest BCUT2D eigenvalue weighted by Crippen LogP contribution is -1.94. The normalized spacial score (nSPS) is 11.0. The molecule has 2 heterocycles. The van der Waals surface area contributed by atoms with E-state index < -0.39 is 0 Å². The fourth-order valence-corrected chi connectivity index (χ4v) is 3.19. The standard InChI is InChI=1S/C24H18ClN3O2/c1-30-22-10-7-17(8-11-22)24-19(9-12-23(29)18-4-3-13-26-15-18)16-28(27-24)21-6-2-5-20(25)14-21/h2-16H,1H3/b12-9+. The molecule has 0 amide bonds. The van der Waals surface area contributed by atoms with Crippen molar-refractivity contribution in [2.45, 2.75) is 0 Å². The Morgan fingerprint density at radius 3 is 2.63 bits per heavy atom. The number of aromatic nitrogens is 3. The van der Waals surface area contributed by atoms with Gasteiger partial charge in [0.1, 0.15) is 5.75 Å². The van der Waals surface area contributed by atoms with E-state index in [4.69, 9.17) is 21.4 Å². The van der Waals surface area contributed by atoms with Crippen molar-refractivity contribution in [1.82, 2.24) is 14.8 Å². The van der Waals surface area contributed by atoms with Crippen LogP contribution in [0.3, 0.4) is 0 Å². The van der Waals surface area contributed by atoms with Crippen LogP contribution in [0.2, 0.25) is 5.02 Å². The number of carbonyl (C=O) groups excluding carboxylic acids is 1. The van der Waals surface area contributed by atoms with E-state index in [0.29, 0.717) is 10.6 Å². The van der Waals surface area contributed by atoms with E-state index >= 15 is 0 Å². The maximum atomic E-state index is 12.5. The number of rotatable bonds is 6. The molecule has 0 saturated heterocycles. The highest BCUT2D eigenvalue weighted by Gasteiger charge is 2.12. The number of allylic oxidation sites excluding steroid dienone is 1. The molecular formula is C24H18ClN3O2. The number of ether oxygens (including phenoxy) is 1. The number of benzene rings is 2. The van der Waals surface area contributed by atoms with Crippen molar-refractivity contribution < 1.29 is 9.53 Å². The van der Waals surface area contributed by atoms with E-state index in [-0.39, 0.29) is 5.78 Å². The molecule has 0 fully saturated rings. The van der Waals surface area contributed by atoms with Crippen molar-refractivity contribution in [1.29, 1.82) is 0 Å². The largest absolute Gasteiger partial charge is 0.497 e. The topological polar surface area (TPSA) is 57.0 Å². The first-order valence-corrected chi connectivity index (χ1v) is 9.64. The van der Waals surface area contributed by atoms with Gasteiger partial charge in [-0.2, -0.15) is 5.10 Å². The third-order valence-corrected chi connectivity index (χ3v) is 4.77. The summed E-state index contributed by atoms with van der Waals surface area (Å²) in [5, 5.41) is 5.36. The Kier molecular flexibility index (Phi) is 5.72. The van der Waals surface area contributed by atoms with E-state index in [1.165, 1.54) is 6.08 Å². The second kappa shape index (κ2) is 8.76. The first kappa shape index (κ1) is 19.6. The summed E-state index contributed by atoms with van der Waals surface area (Å²) in [5.41, 5.74) is 3.81. The van der Waals surface area contributed by atoms with Crippen LogP contribution in [0.1, 0.15) is 15.9 Å². The Hall–Kier alpha value is -3.70. The van der Waals surface area contributed by atoms with Crippen molar-refractivity contribution in [2.75, 3.05) is 7.11 Å². The van der Waals surface area contributed by atoms with Gasteiger partial charge >= 0.3 is 0 Å². The number of halogens is 1. The molecule has 2 aromatic heterocycles. The molecule has 30 heavy (non-hydrogen) atoms. The van der Waals surface area contributed by atoms with Gasteiger partial charge in [-0.15, -0.1) is 0 Å². The van der Waals surface area contributed by atoms with Crippen LogP contribution in [0.15, 0.2) is 85.3 Å². The van der Waals surface area contributed by atoms with Crippen LogP contribution in [0.4, 0.5) is 0 Å². The SMILES string of the molecule is COc1ccc(-c2nn(-c3cccc(Cl)c3)cc2/C=C/C(=O)c2cccnc2)cc1. The van der Waals surface area contributed by atoms with Gasteiger partial charge in [0.15, 0.2) is 5.78 Å². The molecule has 148 valence electrons. The van der Waals surface area contributed by atoms with Gasteiger partial charge in [0.05, 0.1) is 18.5 Å². The minimum absolute atomic E-state index is 0.126. The molecule has 0 radical (unpaired) electrons. The van der Waals surface area contributed by atoms with Gasteiger partial charge in [-0.05, 0) is 66.7 Å². The zero-order chi connectivity index (χ0) is 20.9. The van der Waals surface area contributed by atoms with Gasteiger partial charge in [-0.1, -0.05) is 17.7 Å². The zero-order valence-corrected chi connectivity index (χ0v) is 17.0. The van der Waals surface area contributed by atoms with E-state index in [1.54, 1.807) is 42.4 Å². The fourth-order valence-electron chi connectivity index (χ4n) is 3.00. The van der Waals surface area contributed by atoms with E-state index in [0.717, 1.165) is 28.3 Å². The van der Waals surface area contributed by atoms with Crippen molar-refractivity contribution in [3.05, 3.63) is 101 Å². The van der Waals surface area contributed by atoms with Crippen LogP contribution >= 0.6 is 11.6 Å². The third kappa shape index (κ3) is 4.31. The monoisotopic (exact) mass is 415 g/mol. The second-order valence-electron chi connectivity index (χ2n) is 6.53. The number of methoxy groups -OCH3 is 1. The van der Waals surface area contributed by atoms with Crippen molar-refractivity contribution >= 4 is 23.5 Å². The maximum Gasteiger partial charge on any atom is 0.187 e. The molecule has 0 bridgehead atoms. The van der Waals surface area contributed by atoms with Crippen LogP contribution in [-0.2, 0) is 0 Å². The Labute approximate surface area is 179 Å². The highest BCUT2D eigenvalue weighted by Crippen LogP contribution is 2.27. The molecule has 0 atom stereocenters. The molecule has 5 nitrogen and oxygen atoms in total. The minimum Gasteiger partial charge on any atom is -0.497 e. The lowest BCUT2D eigenvalue weighted by Gasteiger charge is -2.03. The smallest absolute Gasteiger partial charge is 0.187 e. The van der Waals surface area contributed by atoms with Gasteiger partial charge in [0.2, 0.25) is 0 Å². The molecule has 4 aromatic rings. The third-order valence-electron chi connectivity index (χ3n) is 4.54. The maximum absolute atomic E-state index is 12.5. The quantitative estimate of drug-likeness (QED) is 0.308. The summed E-state index contributed by atoms with van der Waals surface area (Å²) in [7, 11) is 1.63. The first-order chi connectivity index (χ1) is 14.6. The molecule has 0 N–H and O–H groups in total. The predicted molar refractivity (Wildman–Crippen MR) is 118 cm³/mol. The van der Waals surface area contributed by atoms with Gasteiger partial charge in [-0.25, -0.2) is 4.68 Å². The average Bonchev–Trinajstić information content (AvgIpc) is 3.22. The van der Waals surface area contributed by atoms with E-state index in [2.05, 4.69) is 4.98 Å². The highest BCUT2D eigenvalue weighted by atomic mass is 35.5. The molecule has 0 spiro atoms. The molecule has 4 rings (SSSR count). The van der Waals surface area contributed by atoms with Gasteiger partial charge < -0.3 is 4.74 Å². The van der Waals surface area contributed by atoms with Crippen molar-refractivity contribution in [3.8, 4) is 22.7 Å². The molecule has 6 heteroatoms. The minimum atomic E-state index is -0.126. The molecule has 0 unspecified atom stereocenters. The number of ketones is 1. The van der Waals surface area contributed by atoms with Crippen LogP contribution in [0.25, 0.3) is 23.0 Å². The molecule has 2 aromatic carbocycles. The molecule has 0 aliphatic rings. The fraction of sp³-hybridized carbons (Fsp3) is 0.0417. The molecule has 0 saturated carbocycles. The number of hydrogen-bond donors (Lipinski definition) is 0. The summed E-state index contributed by atoms with van der Waals surface area (Å²) in [4.78, 5) is 16.5.